The van der Waals surface area contributed by atoms with Gasteiger partial charge in [0.15, 0.2) is 0 Å². The molecule has 0 aliphatic carbocycles. The molecule has 1 aromatic rings. The van der Waals surface area contributed by atoms with Crippen LogP contribution in [0, 0.1) is 0 Å². The summed E-state index contributed by atoms with van der Waals surface area (Å²) in [7, 11) is 1.34. The number of carbonyl (C=O) groups excluding carboxylic acids is 2. The van der Waals surface area contributed by atoms with E-state index in [0.717, 1.165) is 0 Å². The second-order valence-electron chi connectivity index (χ2n) is 6.92. The maximum Gasteiger partial charge on any atom is 0.332 e. The molecule has 1 aliphatic rings. The van der Waals surface area contributed by atoms with Crippen LogP contribution in [-0.4, -0.2) is 59.6 Å². The number of hydrogen-bond acceptors (Lipinski definition) is 5. The minimum Gasteiger partial charge on any atom is -0.481 e. The van der Waals surface area contributed by atoms with Crippen molar-refractivity contribution in [3.63, 3.8) is 0 Å². The van der Waals surface area contributed by atoms with E-state index in [-0.39, 0.29) is 24.8 Å². The van der Waals surface area contributed by atoms with Crippen LogP contribution < -0.4 is 4.90 Å². The van der Waals surface area contributed by atoms with Crippen LogP contribution in [0.25, 0.3) is 0 Å². The van der Waals surface area contributed by atoms with Crippen LogP contribution in [0.3, 0.4) is 0 Å². The molecule has 1 saturated heterocycles. The summed E-state index contributed by atoms with van der Waals surface area (Å²) in [5.74, 6) is -1.42. The SMILES string of the molecule is CCC(=O)N(c1ccccc1)C1(C(=O)OC)CCN(C(C)CC(=O)O)CC1. The molecule has 1 fully saturated rings. The molecule has 0 bridgehead atoms. The van der Waals surface area contributed by atoms with Gasteiger partial charge in [0.25, 0.3) is 0 Å². The van der Waals surface area contributed by atoms with E-state index >= 15 is 0 Å². The van der Waals surface area contributed by atoms with Gasteiger partial charge in [0.1, 0.15) is 5.54 Å². The van der Waals surface area contributed by atoms with Gasteiger partial charge in [-0.15, -0.1) is 0 Å². The van der Waals surface area contributed by atoms with Gasteiger partial charge in [0.2, 0.25) is 5.91 Å². The highest BCUT2D eigenvalue weighted by atomic mass is 16.5. The number of carboxylic acid groups (broad SMARTS) is 1. The van der Waals surface area contributed by atoms with E-state index in [4.69, 9.17) is 9.84 Å². The topological polar surface area (TPSA) is 87.2 Å². The van der Waals surface area contributed by atoms with Gasteiger partial charge in [-0.05, 0) is 31.9 Å². The molecular weight excluding hydrogens is 348 g/mol. The third-order valence-corrected chi connectivity index (χ3v) is 5.28. The van der Waals surface area contributed by atoms with Gasteiger partial charge in [-0.3, -0.25) is 19.4 Å². The lowest BCUT2D eigenvalue weighted by molar-refractivity contribution is -0.151. The summed E-state index contributed by atoms with van der Waals surface area (Å²) in [5.41, 5.74) is -0.412. The second-order valence-corrected chi connectivity index (χ2v) is 6.92. The zero-order valence-corrected chi connectivity index (χ0v) is 16.2. The van der Waals surface area contributed by atoms with Gasteiger partial charge in [-0.1, -0.05) is 25.1 Å². The molecule has 0 aromatic heterocycles. The van der Waals surface area contributed by atoms with Gasteiger partial charge < -0.3 is 9.84 Å². The molecule has 1 unspecified atom stereocenters. The molecule has 1 N–H and O–H groups in total. The second kappa shape index (κ2) is 8.99. The van der Waals surface area contributed by atoms with E-state index < -0.39 is 17.5 Å². The Labute approximate surface area is 159 Å². The summed E-state index contributed by atoms with van der Waals surface area (Å²) in [6.45, 7) is 4.67. The third-order valence-electron chi connectivity index (χ3n) is 5.28. The van der Waals surface area contributed by atoms with Crippen LogP contribution in [-0.2, 0) is 19.1 Å². The predicted molar refractivity (Wildman–Crippen MR) is 101 cm³/mol. The largest absolute Gasteiger partial charge is 0.481 e. The first-order valence-corrected chi connectivity index (χ1v) is 9.28. The monoisotopic (exact) mass is 376 g/mol. The number of methoxy groups -OCH3 is 1. The number of carbonyl (C=O) groups is 3. The fraction of sp³-hybridized carbons (Fsp3) is 0.550. The molecule has 7 heteroatoms. The number of para-hydroxylation sites is 1. The summed E-state index contributed by atoms with van der Waals surface area (Å²) in [4.78, 5) is 40.3. The number of carboxylic acids is 1. The van der Waals surface area contributed by atoms with Crippen molar-refractivity contribution in [3.8, 4) is 0 Å². The van der Waals surface area contributed by atoms with Crippen molar-refractivity contribution in [2.24, 2.45) is 0 Å². The molecule has 0 saturated carbocycles. The minimum atomic E-state index is -1.08. The Hall–Kier alpha value is -2.41. The van der Waals surface area contributed by atoms with Crippen molar-refractivity contribution >= 4 is 23.5 Å². The number of nitrogens with zero attached hydrogens (tertiary/aromatic N) is 2. The normalized spacial score (nSPS) is 17.7. The maximum atomic E-state index is 12.8. The van der Waals surface area contributed by atoms with Crippen molar-refractivity contribution in [1.29, 1.82) is 0 Å². The van der Waals surface area contributed by atoms with Crippen LogP contribution in [0.15, 0.2) is 30.3 Å². The molecule has 1 amide bonds. The van der Waals surface area contributed by atoms with E-state index in [0.29, 0.717) is 31.6 Å². The summed E-state index contributed by atoms with van der Waals surface area (Å²) in [5, 5.41) is 9.03. The Bertz CT molecular complexity index is 668. The Morgan fingerprint density at radius 2 is 1.81 bits per heavy atom. The summed E-state index contributed by atoms with van der Waals surface area (Å²) in [6.07, 6.45) is 1.10. The molecule has 0 radical (unpaired) electrons. The highest BCUT2D eigenvalue weighted by molar-refractivity contribution is 6.02. The Balaban J connectivity index is 2.35. The molecule has 2 rings (SSSR count). The number of anilines is 1. The van der Waals surface area contributed by atoms with E-state index in [1.807, 2.05) is 37.3 Å². The first kappa shape index (κ1) is 20.9. The molecule has 27 heavy (non-hydrogen) atoms. The molecular formula is C20H28N2O5. The number of ether oxygens (including phenoxy) is 1. The quantitative estimate of drug-likeness (QED) is 0.735. The lowest BCUT2D eigenvalue weighted by Crippen LogP contribution is -2.63. The van der Waals surface area contributed by atoms with E-state index in [9.17, 15) is 14.4 Å². The smallest absolute Gasteiger partial charge is 0.332 e. The van der Waals surface area contributed by atoms with E-state index in [1.54, 1.807) is 11.8 Å². The van der Waals surface area contributed by atoms with Crippen LogP contribution in [0.1, 0.15) is 39.5 Å². The van der Waals surface area contributed by atoms with Crippen molar-refractivity contribution in [2.75, 3.05) is 25.1 Å². The van der Waals surface area contributed by atoms with Gasteiger partial charge in [0.05, 0.1) is 13.5 Å². The van der Waals surface area contributed by atoms with Crippen molar-refractivity contribution in [2.45, 2.75) is 51.1 Å². The highest BCUT2D eigenvalue weighted by Crippen LogP contribution is 2.36. The zero-order chi connectivity index (χ0) is 20.0. The lowest BCUT2D eigenvalue weighted by atomic mass is 9.84. The molecule has 0 spiro atoms. The molecule has 1 atom stereocenters. The molecule has 1 aromatic carbocycles. The number of piperidine rings is 1. The summed E-state index contributed by atoms with van der Waals surface area (Å²) < 4.78 is 5.11. The molecule has 1 heterocycles. The number of amides is 1. The van der Waals surface area contributed by atoms with Gasteiger partial charge in [0, 0.05) is 31.2 Å². The number of rotatable bonds is 7. The highest BCUT2D eigenvalue weighted by Gasteiger charge is 2.50. The van der Waals surface area contributed by atoms with Crippen LogP contribution >= 0.6 is 0 Å². The third kappa shape index (κ3) is 4.47. The van der Waals surface area contributed by atoms with E-state index in [2.05, 4.69) is 4.90 Å². The Morgan fingerprint density at radius 1 is 1.22 bits per heavy atom. The lowest BCUT2D eigenvalue weighted by Gasteiger charge is -2.47. The Morgan fingerprint density at radius 3 is 2.30 bits per heavy atom. The van der Waals surface area contributed by atoms with Gasteiger partial charge in [-0.25, -0.2) is 4.79 Å². The standard InChI is InChI=1S/C20H28N2O5/c1-4-17(23)22(16-8-6-5-7-9-16)20(19(26)27-3)10-12-21(13-11-20)15(2)14-18(24)25/h5-9,15H,4,10-14H2,1-3H3,(H,24,25). The summed E-state index contributed by atoms with van der Waals surface area (Å²) in [6, 6.07) is 9.03. The van der Waals surface area contributed by atoms with Gasteiger partial charge in [-0.2, -0.15) is 0 Å². The predicted octanol–water partition coefficient (Wildman–Crippen LogP) is 2.30. The number of esters is 1. The molecule has 148 valence electrons. The average Bonchev–Trinajstić information content (AvgIpc) is 2.68. The zero-order valence-electron chi connectivity index (χ0n) is 16.2. The van der Waals surface area contributed by atoms with Crippen LogP contribution in [0.2, 0.25) is 0 Å². The number of hydrogen-bond donors (Lipinski definition) is 1. The van der Waals surface area contributed by atoms with Crippen molar-refractivity contribution < 1.29 is 24.2 Å². The average molecular weight is 376 g/mol. The van der Waals surface area contributed by atoms with Crippen LogP contribution in [0.4, 0.5) is 5.69 Å². The fourth-order valence-corrected chi connectivity index (χ4v) is 3.79. The minimum absolute atomic E-state index is 0.0432. The molecule has 7 nitrogen and oxygen atoms in total. The Kier molecular flexibility index (Phi) is 6.96. The fourth-order valence-electron chi connectivity index (χ4n) is 3.79. The first-order chi connectivity index (χ1) is 12.9. The maximum absolute atomic E-state index is 12.8. The number of benzene rings is 1. The van der Waals surface area contributed by atoms with Crippen molar-refractivity contribution in [3.05, 3.63) is 30.3 Å². The van der Waals surface area contributed by atoms with E-state index in [1.165, 1.54) is 7.11 Å². The van der Waals surface area contributed by atoms with Crippen LogP contribution in [0.5, 0.6) is 0 Å². The van der Waals surface area contributed by atoms with Gasteiger partial charge >= 0.3 is 11.9 Å². The first-order valence-electron chi connectivity index (χ1n) is 9.28. The molecule has 1 aliphatic heterocycles. The number of likely N-dealkylation sites (tertiary alicyclic amines) is 1. The van der Waals surface area contributed by atoms with Crippen molar-refractivity contribution in [1.82, 2.24) is 4.90 Å². The number of aliphatic carboxylic acids is 1. The summed E-state index contributed by atoms with van der Waals surface area (Å²) >= 11 is 0.